The lowest BCUT2D eigenvalue weighted by Crippen LogP contribution is -2.32. The van der Waals surface area contributed by atoms with E-state index in [9.17, 15) is 9.59 Å². The Hall–Kier alpha value is -1.41. The smallest absolute Gasteiger partial charge is 0.305 e. The number of carboxylic acids is 1. The topological polar surface area (TPSA) is 57.6 Å². The molecule has 1 aromatic carbocycles. The van der Waals surface area contributed by atoms with Crippen molar-refractivity contribution in [2.24, 2.45) is 0 Å². The Morgan fingerprint density at radius 1 is 1.29 bits per heavy atom. The Kier molecular flexibility index (Phi) is 5.35. The van der Waals surface area contributed by atoms with Crippen LogP contribution in [0, 0.1) is 9.81 Å². The number of nitrogens with zero attached hydrogens (tertiary/aromatic N) is 1. The van der Waals surface area contributed by atoms with E-state index in [1.807, 2.05) is 37.3 Å². The van der Waals surface area contributed by atoms with E-state index in [1.165, 1.54) is 16.2 Å². The first kappa shape index (κ1) is 16.0. The summed E-state index contributed by atoms with van der Waals surface area (Å²) >= 11 is 3.66. The molecule has 2 aromatic rings. The number of carboxylic acid groups (broad SMARTS) is 1. The van der Waals surface area contributed by atoms with Gasteiger partial charge in [0.25, 0.3) is 5.91 Å². The van der Waals surface area contributed by atoms with Crippen LogP contribution in [0.2, 0.25) is 0 Å². The highest BCUT2D eigenvalue weighted by Crippen LogP contribution is 2.22. The van der Waals surface area contributed by atoms with Crippen molar-refractivity contribution in [1.29, 1.82) is 0 Å². The minimum absolute atomic E-state index is 0.0825. The Morgan fingerprint density at radius 3 is 2.48 bits per heavy atom. The van der Waals surface area contributed by atoms with Gasteiger partial charge < -0.3 is 10.0 Å². The molecule has 0 atom stereocenters. The van der Waals surface area contributed by atoms with Crippen molar-refractivity contribution >= 4 is 51.5 Å². The number of anilines is 1. The van der Waals surface area contributed by atoms with Gasteiger partial charge >= 0.3 is 5.97 Å². The predicted octanol–water partition coefficient (Wildman–Crippen LogP) is 3.78. The summed E-state index contributed by atoms with van der Waals surface area (Å²) < 4.78 is 1.03. The van der Waals surface area contributed by atoms with Crippen molar-refractivity contribution in [2.45, 2.75) is 13.3 Å². The largest absolute Gasteiger partial charge is 0.481 e. The number of aryl methyl sites for hydroxylation is 1. The number of carbonyl (C=O) groups excluding carboxylic acids is 1. The van der Waals surface area contributed by atoms with Crippen molar-refractivity contribution < 1.29 is 14.7 Å². The number of hydrogen-bond donors (Lipinski definition) is 1. The van der Waals surface area contributed by atoms with Gasteiger partial charge in [0, 0.05) is 17.6 Å². The Morgan fingerprint density at radius 2 is 1.95 bits per heavy atom. The molecule has 110 valence electrons. The molecule has 0 aliphatic heterocycles. The molecule has 1 amide bonds. The average molecular weight is 415 g/mol. The summed E-state index contributed by atoms with van der Waals surface area (Å²) in [5.74, 6) is -1.08. The van der Waals surface area contributed by atoms with Gasteiger partial charge in [-0.1, -0.05) is 17.7 Å². The summed E-state index contributed by atoms with van der Waals surface area (Å²) in [6.07, 6.45) is -0.0825. The number of rotatable bonds is 5. The molecule has 1 heterocycles. The maximum Gasteiger partial charge on any atom is 0.305 e. The van der Waals surface area contributed by atoms with Crippen molar-refractivity contribution in [3.05, 3.63) is 49.7 Å². The molecule has 4 nitrogen and oxygen atoms in total. The van der Waals surface area contributed by atoms with Gasteiger partial charge in [0.05, 0.1) is 14.9 Å². The SMILES string of the molecule is Cc1ccc(N(CCC(=O)O)C(=O)c2csc(I)c2)cc1. The highest BCUT2D eigenvalue weighted by molar-refractivity contribution is 14.1. The van der Waals surface area contributed by atoms with E-state index < -0.39 is 5.97 Å². The predicted molar refractivity (Wildman–Crippen MR) is 92.1 cm³/mol. The number of amides is 1. The van der Waals surface area contributed by atoms with Gasteiger partial charge in [0.15, 0.2) is 0 Å². The van der Waals surface area contributed by atoms with Crippen molar-refractivity contribution in [2.75, 3.05) is 11.4 Å². The standard InChI is InChI=1S/C15H14INO3S/c1-10-2-4-12(5-3-10)17(7-6-14(18)19)15(20)11-8-13(16)21-9-11/h2-5,8-9H,6-7H2,1H3,(H,18,19). The second-order valence-corrected chi connectivity index (χ2v) is 7.38. The third-order valence-corrected chi connectivity index (χ3v) is 4.74. The van der Waals surface area contributed by atoms with Gasteiger partial charge in [0.2, 0.25) is 0 Å². The normalized spacial score (nSPS) is 10.4. The maximum atomic E-state index is 12.6. The van der Waals surface area contributed by atoms with E-state index in [-0.39, 0.29) is 18.9 Å². The Bertz CT molecular complexity index is 651. The van der Waals surface area contributed by atoms with Gasteiger partial charge in [-0.15, -0.1) is 11.3 Å². The molecule has 0 fully saturated rings. The van der Waals surface area contributed by atoms with Gasteiger partial charge in [-0.25, -0.2) is 0 Å². The fourth-order valence-electron chi connectivity index (χ4n) is 1.86. The number of thiophene rings is 1. The fourth-order valence-corrected chi connectivity index (χ4v) is 3.18. The first-order valence-electron chi connectivity index (χ1n) is 6.32. The van der Waals surface area contributed by atoms with Crippen LogP contribution in [0.1, 0.15) is 22.3 Å². The van der Waals surface area contributed by atoms with E-state index in [1.54, 1.807) is 5.38 Å². The fraction of sp³-hybridized carbons (Fsp3) is 0.200. The number of hydrogen-bond acceptors (Lipinski definition) is 3. The lowest BCUT2D eigenvalue weighted by molar-refractivity contribution is -0.136. The summed E-state index contributed by atoms with van der Waals surface area (Å²) in [6.45, 7) is 2.12. The summed E-state index contributed by atoms with van der Waals surface area (Å²) in [6, 6.07) is 9.32. The number of halogens is 1. The van der Waals surface area contributed by atoms with Crippen LogP contribution in [0.5, 0.6) is 0 Å². The zero-order valence-corrected chi connectivity index (χ0v) is 14.3. The van der Waals surface area contributed by atoms with E-state index in [0.717, 1.165) is 8.45 Å². The molecular formula is C15H14INO3S. The average Bonchev–Trinajstić information content (AvgIpc) is 2.87. The Labute approximate surface area is 140 Å². The molecule has 1 N–H and O–H groups in total. The first-order chi connectivity index (χ1) is 9.97. The molecule has 0 spiro atoms. The maximum absolute atomic E-state index is 12.6. The van der Waals surface area contributed by atoms with Crippen LogP contribution < -0.4 is 4.90 Å². The molecule has 1 aromatic heterocycles. The van der Waals surface area contributed by atoms with E-state index in [2.05, 4.69) is 22.6 Å². The third kappa shape index (κ3) is 4.28. The minimum Gasteiger partial charge on any atom is -0.481 e. The van der Waals surface area contributed by atoms with Crippen molar-refractivity contribution in [1.82, 2.24) is 0 Å². The third-order valence-electron chi connectivity index (χ3n) is 2.95. The summed E-state index contributed by atoms with van der Waals surface area (Å²) in [5, 5.41) is 10.7. The summed E-state index contributed by atoms with van der Waals surface area (Å²) in [7, 11) is 0. The van der Waals surface area contributed by atoms with Crippen LogP contribution in [0.3, 0.4) is 0 Å². The highest BCUT2D eigenvalue weighted by atomic mass is 127. The van der Waals surface area contributed by atoms with Gasteiger partial charge in [-0.3, -0.25) is 9.59 Å². The molecule has 0 bridgehead atoms. The Balaban J connectivity index is 2.28. The van der Waals surface area contributed by atoms with E-state index >= 15 is 0 Å². The molecule has 0 saturated carbocycles. The summed E-state index contributed by atoms with van der Waals surface area (Å²) in [4.78, 5) is 24.9. The molecule has 21 heavy (non-hydrogen) atoms. The zero-order valence-electron chi connectivity index (χ0n) is 11.4. The van der Waals surface area contributed by atoms with Crippen LogP contribution in [-0.2, 0) is 4.79 Å². The van der Waals surface area contributed by atoms with Gasteiger partial charge in [0.1, 0.15) is 0 Å². The molecule has 0 unspecified atom stereocenters. The van der Waals surface area contributed by atoms with Crippen LogP contribution in [-0.4, -0.2) is 23.5 Å². The monoisotopic (exact) mass is 415 g/mol. The van der Waals surface area contributed by atoms with Crippen LogP contribution in [0.25, 0.3) is 0 Å². The second-order valence-electron chi connectivity index (χ2n) is 4.58. The molecule has 0 saturated heterocycles. The van der Waals surface area contributed by atoms with Crippen molar-refractivity contribution in [3.63, 3.8) is 0 Å². The zero-order chi connectivity index (χ0) is 15.4. The lowest BCUT2D eigenvalue weighted by Gasteiger charge is -2.22. The molecule has 0 radical (unpaired) electrons. The van der Waals surface area contributed by atoms with Gasteiger partial charge in [-0.05, 0) is 47.7 Å². The second kappa shape index (κ2) is 7.04. The van der Waals surface area contributed by atoms with Crippen molar-refractivity contribution in [3.8, 4) is 0 Å². The van der Waals surface area contributed by atoms with Crippen LogP contribution >= 0.6 is 33.9 Å². The molecule has 2 rings (SSSR count). The number of carbonyl (C=O) groups is 2. The summed E-state index contributed by atoms with van der Waals surface area (Å²) in [5.41, 5.74) is 2.40. The minimum atomic E-state index is -0.917. The first-order valence-corrected chi connectivity index (χ1v) is 8.27. The number of aliphatic carboxylic acids is 1. The quantitative estimate of drug-likeness (QED) is 0.757. The number of benzene rings is 1. The lowest BCUT2D eigenvalue weighted by atomic mass is 10.2. The molecule has 6 heteroatoms. The van der Waals surface area contributed by atoms with Crippen LogP contribution in [0.15, 0.2) is 35.7 Å². The molecular weight excluding hydrogens is 401 g/mol. The van der Waals surface area contributed by atoms with Gasteiger partial charge in [-0.2, -0.15) is 0 Å². The van der Waals surface area contributed by atoms with E-state index in [0.29, 0.717) is 11.3 Å². The molecule has 0 aliphatic carbocycles. The van der Waals surface area contributed by atoms with Crippen LogP contribution in [0.4, 0.5) is 5.69 Å². The highest BCUT2D eigenvalue weighted by Gasteiger charge is 2.19. The van der Waals surface area contributed by atoms with E-state index in [4.69, 9.17) is 5.11 Å². The molecule has 0 aliphatic rings.